The van der Waals surface area contributed by atoms with E-state index in [0.29, 0.717) is 75.5 Å². The monoisotopic (exact) mass is 586 g/mol. The summed E-state index contributed by atoms with van der Waals surface area (Å²) in [5, 5.41) is 5.91. The normalized spacial score (nSPS) is 20.8. The van der Waals surface area contributed by atoms with Crippen molar-refractivity contribution < 1.29 is 23.9 Å². The highest BCUT2D eigenvalue weighted by atomic mass is 32.1. The molecule has 2 bridgehead atoms. The molecule has 0 saturated carbocycles. The molecule has 0 spiro atoms. The van der Waals surface area contributed by atoms with Crippen molar-refractivity contribution in [3.8, 4) is 5.75 Å². The summed E-state index contributed by atoms with van der Waals surface area (Å²) in [4.78, 5) is 60.5. The van der Waals surface area contributed by atoms with E-state index in [1.54, 1.807) is 28.0 Å². The lowest BCUT2D eigenvalue weighted by atomic mass is 9.88. The molecule has 0 radical (unpaired) electrons. The number of rotatable bonds is 3. The maximum atomic E-state index is 13.7. The lowest BCUT2D eigenvalue weighted by Crippen LogP contribution is -2.39. The third kappa shape index (κ3) is 5.81. The van der Waals surface area contributed by atoms with Crippen molar-refractivity contribution in [3.63, 3.8) is 0 Å². The van der Waals surface area contributed by atoms with Crippen LogP contribution in [0.1, 0.15) is 61.3 Å². The van der Waals surface area contributed by atoms with E-state index in [1.807, 2.05) is 36.6 Å². The van der Waals surface area contributed by atoms with Gasteiger partial charge in [-0.3, -0.25) is 19.2 Å². The highest BCUT2D eigenvalue weighted by Crippen LogP contribution is 2.35. The minimum absolute atomic E-state index is 0.0332. The number of likely N-dealkylation sites (tertiary alicyclic amines) is 1. The molecule has 3 amide bonds. The van der Waals surface area contributed by atoms with Crippen molar-refractivity contribution in [2.24, 2.45) is 5.92 Å². The summed E-state index contributed by atoms with van der Waals surface area (Å²) < 4.78 is 6.11. The van der Waals surface area contributed by atoms with Crippen molar-refractivity contribution in [3.05, 3.63) is 80.8 Å². The van der Waals surface area contributed by atoms with Crippen LogP contribution in [0.5, 0.6) is 5.75 Å². The Kier molecular flexibility index (Phi) is 8.06. The van der Waals surface area contributed by atoms with Crippen molar-refractivity contribution in [2.75, 3.05) is 39.3 Å². The highest BCUT2D eigenvalue weighted by Gasteiger charge is 2.40. The Bertz CT molecular complexity index is 1530. The van der Waals surface area contributed by atoms with Crippen molar-refractivity contribution in [1.82, 2.24) is 20.1 Å². The number of carbonyl (C=O) groups is 4. The van der Waals surface area contributed by atoms with Gasteiger partial charge in [0.25, 0.3) is 5.91 Å². The van der Waals surface area contributed by atoms with Crippen molar-refractivity contribution >= 4 is 34.8 Å². The van der Waals surface area contributed by atoms with Gasteiger partial charge in [0.05, 0.1) is 29.6 Å². The number of hydrogen-bond acceptors (Lipinski definition) is 7. The number of aromatic nitrogens is 1. The molecule has 1 N–H and O–H groups in total. The number of benzene rings is 2. The van der Waals surface area contributed by atoms with Gasteiger partial charge in [0.2, 0.25) is 11.8 Å². The number of ether oxygens (including phenoxy) is 1. The van der Waals surface area contributed by atoms with Crippen LogP contribution in [-0.2, 0) is 22.4 Å². The smallest absolute Gasteiger partial charge is 0.254 e. The number of carbonyl (C=O) groups excluding carboxylic acids is 4. The van der Waals surface area contributed by atoms with E-state index in [-0.39, 0.29) is 35.8 Å². The lowest BCUT2D eigenvalue weighted by molar-refractivity contribution is -0.130. The molecule has 1 fully saturated rings. The number of amides is 3. The molecular formula is C32H34N4O5S. The van der Waals surface area contributed by atoms with Gasteiger partial charge in [-0.1, -0.05) is 24.3 Å². The fourth-order valence-electron chi connectivity index (χ4n) is 6.26. The zero-order chi connectivity index (χ0) is 29.2. The zero-order valence-corrected chi connectivity index (χ0v) is 24.5. The summed E-state index contributed by atoms with van der Waals surface area (Å²) in [7, 11) is 0. The molecule has 3 heterocycles. The fourth-order valence-corrected chi connectivity index (χ4v) is 6.88. The lowest BCUT2D eigenvalue weighted by Gasteiger charge is -2.25. The van der Waals surface area contributed by atoms with Crippen molar-refractivity contribution in [2.45, 2.75) is 38.5 Å². The molecule has 2 aliphatic heterocycles. The second-order valence-corrected chi connectivity index (χ2v) is 12.2. The molecule has 10 heteroatoms. The Labute approximate surface area is 248 Å². The average molecular weight is 587 g/mol. The Hall–Kier alpha value is -4.05. The summed E-state index contributed by atoms with van der Waals surface area (Å²) in [5.74, 6) is -0.0716. The summed E-state index contributed by atoms with van der Waals surface area (Å²) >= 11 is 1.52. The van der Waals surface area contributed by atoms with Gasteiger partial charge in [0, 0.05) is 55.0 Å². The molecule has 42 heavy (non-hydrogen) atoms. The van der Waals surface area contributed by atoms with Crippen LogP contribution in [0.3, 0.4) is 0 Å². The molecule has 1 saturated heterocycles. The Morgan fingerprint density at radius 2 is 1.88 bits per heavy atom. The van der Waals surface area contributed by atoms with E-state index in [9.17, 15) is 19.2 Å². The van der Waals surface area contributed by atoms with Crippen LogP contribution in [0.15, 0.2) is 47.8 Å². The van der Waals surface area contributed by atoms with Gasteiger partial charge in [-0.25, -0.2) is 4.98 Å². The molecule has 218 valence electrons. The first-order valence-corrected chi connectivity index (χ1v) is 15.4. The van der Waals surface area contributed by atoms with Crippen LogP contribution in [0.25, 0.3) is 0 Å². The second kappa shape index (κ2) is 12.1. The van der Waals surface area contributed by atoms with E-state index in [2.05, 4.69) is 10.3 Å². The largest absolute Gasteiger partial charge is 0.492 e. The van der Waals surface area contributed by atoms with Gasteiger partial charge in [0.15, 0.2) is 5.78 Å². The molecule has 0 unspecified atom stereocenters. The third-order valence-electron chi connectivity index (χ3n) is 8.42. The Balaban J connectivity index is 1.19. The predicted molar refractivity (Wildman–Crippen MR) is 158 cm³/mol. The average Bonchev–Trinajstić information content (AvgIpc) is 3.72. The molecular weight excluding hydrogens is 552 g/mol. The van der Waals surface area contributed by atoms with Crippen LogP contribution < -0.4 is 10.1 Å². The van der Waals surface area contributed by atoms with Crippen LogP contribution in [-0.4, -0.2) is 77.6 Å². The van der Waals surface area contributed by atoms with Gasteiger partial charge >= 0.3 is 0 Å². The van der Waals surface area contributed by atoms with Gasteiger partial charge in [0.1, 0.15) is 12.4 Å². The van der Waals surface area contributed by atoms with E-state index < -0.39 is 5.92 Å². The van der Waals surface area contributed by atoms with Crippen LogP contribution in [0, 0.1) is 12.8 Å². The minimum atomic E-state index is -0.397. The standard InChI is InChI=1S/C32H34N4O5S/c1-20-34-22(19-42-20)16-30(38)36-17-27-21-5-2-6-23(15-21)41-14-13-35(12-4-11-33-31(39)28(27)18-36)32(40)26-8-3-7-25-24(26)9-10-29(25)37/h2-3,5-8,15,19,27-28H,4,9-14,16-18H2,1H3,(H,33,39)/t27-,28+/m1/s1. The second-order valence-electron chi connectivity index (χ2n) is 11.2. The maximum absolute atomic E-state index is 13.7. The molecule has 3 aromatic rings. The number of aryl methyl sites for hydroxylation is 1. The zero-order valence-electron chi connectivity index (χ0n) is 23.6. The molecule has 9 nitrogen and oxygen atoms in total. The molecule has 3 aliphatic rings. The van der Waals surface area contributed by atoms with Gasteiger partial charge in [-0.05, 0) is 49.1 Å². The third-order valence-corrected chi connectivity index (χ3v) is 9.25. The number of Topliss-reactive ketones (excluding diaryl/α,β-unsaturated/α-hetero) is 1. The highest BCUT2D eigenvalue weighted by molar-refractivity contribution is 7.09. The first-order chi connectivity index (χ1) is 20.4. The number of nitrogens with zero attached hydrogens (tertiary/aromatic N) is 3. The Morgan fingerprint density at radius 3 is 2.71 bits per heavy atom. The van der Waals surface area contributed by atoms with Crippen LogP contribution in [0.4, 0.5) is 0 Å². The van der Waals surface area contributed by atoms with E-state index in [4.69, 9.17) is 4.74 Å². The van der Waals surface area contributed by atoms with Crippen LogP contribution in [0.2, 0.25) is 0 Å². The fraction of sp³-hybridized carbons (Fsp3) is 0.406. The van der Waals surface area contributed by atoms with Crippen molar-refractivity contribution in [1.29, 1.82) is 0 Å². The minimum Gasteiger partial charge on any atom is -0.492 e. The number of fused-ring (bicyclic) bond motifs is 5. The van der Waals surface area contributed by atoms with Gasteiger partial charge in [-0.15, -0.1) is 11.3 Å². The summed E-state index contributed by atoms with van der Waals surface area (Å²) in [5.41, 5.74) is 3.74. The molecule has 2 atom stereocenters. The number of thiazole rings is 1. The van der Waals surface area contributed by atoms with E-state index in [1.165, 1.54) is 11.3 Å². The molecule has 6 rings (SSSR count). The van der Waals surface area contributed by atoms with Gasteiger partial charge < -0.3 is 19.9 Å². The first-order valence-electron chi connectivity index (χ1n) is 14.5. The summed E-state index contributed by atoms with van der Waals surface area (Å²) in [6, 6.07) is 13.0. The molecule has 2 aromatic carbocycles. The quantitative estimate of drug-likeness (QED) is 0.504. The summed E-state index contributed by atoms with van der Waals surface area (Å²) in [6.07, 6.45) is 1.80. The SMILES string of the molecule is Cc1nc(CC(=O)N2C[C@@H]3C(=O)NCCCN(C(=O)c4cccc5c4CCC5=O)CCOc4cccc(c4)[C@H]3C2)cs1. The molecule has 1 aliphatic carbocycles. The van der Waals surface area contributed by atoms with Crippen LogP contribution >= 0.6 is 11.3 Å². The maximum Gasteiger partial charge on any atom is 0.254 e. The number of ketones is 1. The van der Waals surface area contributed by atoms with E-state index in [0.717, 1.165) is 21.8 Å². The van der Waals surface area contributed by atoms with E-state index >= 15 is 0 Å². The number of nitrogens with one attached hydrogen (secondary N) is 1. The molecule has 1 aromatic heterocycles. The number of hydrogen-bond donors (Lipinski definition) is 1. The Morgan fingerprint density at radius 1 is 1.05 bits per heavy atom. The topological polar surface area (TPSA) is 109 Å². The summed E-state index contributed by atoms with van der Waals surface area (Å²) in [6.45, 7) is 4.24. The van der Waals surface area contributed by atoms with Gasteiger partial charge in [-0.2, -0.15) is 0 Å². The first kappa shape index (κ1) is 28.1. The predicted octanol–water partition coefficient (Wildman–Crippen LogP) is 3.41.